The van der Waals surface area contributed by atoms with Gasteiger partial charge in [0.1, 0.15) is 17.3 Å². The Morgan fingerprint density at radius 3 is 3.11 bits per heavy atom. The fourth-order valence-corrected chi connectivity index (χ4v) is 3.73. The first-order valence-corrected chi connectivity index (χ1v) is 9.61. The normalized spacial score (nSPS) is 11.0. The molecule has 0 fully saturated rings. The second kappa shape index (κ2) is 7.49. The van der Waals surface area contributed by atoms with E-state index in [1.54, 1.807) is 18.2 Å². The topological polar surface area (TPSA) is 91.4 Å². The van der Waals surface area contributed by atoms with Crippen LogP contribution in [0.3, 0.4) is 0 Å². The average molecular weight is 414 g/mol. The predicted octanol–water partition coefficient (Wildman–Crippen LogP) is 4.05. The first-order valence-electron chi connectivity index (χ1n) is 8.32. The number of thiazole rings is 1. The molecular formula is C18H15FN6OS2. The maximum absolute atomic E-state index is 13.3. The van der Waals surface area contributed by atoms with Gasteiger partial charge in [0.2, 0.25) is 0 Å². The first-order chi connectivity index (χ1) is 13.5. The Hall–Kier alpha value is -3.11. The number of rotatable bonds is 6. The van der Waals surface area contributed by atoms with Crippen molar-refractivity contribution in [3.8, 4) is 0 Å². The number of aromatic amines is 2. The average Bonchev–Trinajstić information content (AvgIpc) is 3.36. The molecule has 1 amide bonds. The van der Waals surface area contributed by atoms with Crippen LogP contribution in [0.25, 0.3) is 10.9 Å². The third-order valence-electron chi connectivity index (χ3n) is 4.09. The monoisotopic (exact) mass is 414 g/mol. The van der Waals surface area contributed by atoms with E-state index in [9.17, 15) is 9.18 Å². The summed E-state index contributed by atoms with van der Waals surface area (Å²) < 4.78 is 15.7. The second-order valence-corrected chi connectivity index (χ2v) is 7.28. The number of carbonyl (C=O) groups excluding carboxylic acids is 1. The highest BCUT2D eigenvalue weighted by molar-refractivity contribution is 7.71. The van der Waals surface area contributed by atoms with Crippen LogP contribution >= 0.6 is 23.6 Å². The van der Waals surface area contributed by atoms with Crippen LogP contribution in [-0.4, -0.2) is 30.6 Å². The molecule has 28 heavy (non-hydrogen) atoms. The summed E-state index contributed by atoms with van der Waals surface area (Å²) in [6.45, 7) is 4.27. The molecule has 0 radical (unpaired) electrons. The number of nitrogens with zero attached hydrogens (tertiary/aromatic N) is 3. The van der Waals surface area contributed by atoms with E-state index in [1.165, 1.54) is 23.5 Å². The molecular weight excluding hydrogens is 399 g/mol. The summed E-state index contributed by atoms with van der Waals surface area (Å²) in [7, 11) is 0. The molecule has 0 aliphatic heterocycles. The number of halogens is 1. The van der Waals surface area contributed by atoms with E-state index >= 15 is 0 Å². The van der Waals surface area contributed by atoms with Crippen molar-refractivity contribution in [3.63, 3.8) is 0 Å². The fraction of sp³-hybridized carbons (Fsp3) is 0.111. The van der Waals surface area contributed by atoms with Crippen LogP contribution in [0.5, 0.6) is 0 Å². The smallest absolute Gasteiger partial charge is 0.273 e. The van der Waals surface area contributed by atoms with E-state index in [2.05, 4.69) is 32.1 Å². The molecule has 0 saturated heterocycles. The Kier molecular flexibility index (Phi) is 4.88. The molecule has 1 aromatic carbocycles. The molecule has 0 atom stereocenters. The zero-order valence-electron chi connectivity index (χ0n) is 14.5. The highest BCUT2D eigenvalue weighted by Gasteiger charge is 2.14. The fourth-order valence-electron chi connectivity index (χ4n) is 2.80. The number of fused-ring (bicyclic) bond motifs is 1. The number of allylic oxidation sites excluding steroid dienone is 1. The van der Waals surface area contributed by atoms with E-state index in [0.717, 1.165) is 11.5 Å². The largest absolute Gasteiger partial charge is 0.351 e. The molecule has 0 unspecified atom stereocenters. The van der Waals surface area contributed by atoms with Gasteiger partial charge >= 0.3 is 0 Å². The van der Waals surface area contributed by atoms with Crippen LogP contribution in [-0.2, 0) is 13.0 Å². The molecule has 3 N–H and O–H groups in total. The second-order valence-electron chi connectivity index (χ2n) is 6.03. The molecule has 0 spiro atoms. The molecule has 142 valence electrons. The van der Waals surface area contributed by atoms with Crippen LogP contribution in [0, 0.1) is 10.6 Å². The van der Waals surface area contributed by atoms with Gasteiger partial charge in [0.05, 0.1) is 12.1 Å². The van der Waals surface area contributed by atoms with E-state index < -0.39 is 0 Å². The third kappa shape index (κ3) is 3.64. The summed E-state index contributed by atoms with van der Waals surface area (Å²) >= 11 is 6.52. The Labute approximate surface area is 167 Å². The molecule has 3 aromatic heterocycles. The number of hydrogen-bond donors (Lipinski definition) is 3. The van der Waals surface area contributed by atoms with Gasteiger partial charge in [-0.15, -0.1) is 17.9 Å². The van der Waals surface area contributed by atoms with Crippen molar-refractivity contribution in [2.75, 3.05) is 5.32 Å². The Balaban J connectivity index is 1.49. The lowest BCUT2D eigenvalue weighted by Crippen LogP contribution is -2.12. The maximum Gasteiger partial charge on any atom is 0.273 e. The van der Waals surface area contributed by atoms with E-state index in [4.69, 9.17) is 12.2 Å². The number of anilines is 1. The molecule has 4 aromatic rings. The summed E-state index contributed by atoms with van der Waals surface area (Å²) in [6.07, 6.45) is 2.22. The molecule has 0 saturated carbocycles. The number of carbonyl (C=O) groups is 1. The molecule has 7 nitrogen and oxygen atoms in total. The van der Waals surface area contributed by atoms with Gasteiger partial charge in [0.25, 0.3) is 5.91 Å². The standard InChI is InChI=1S/C18H15FN6OS2/c1-2-5-25-15(23-24-18(25)27)8-12-9-28-17(20-12)22-16(26)14-7-10-6-11(19)3-4-13(10)21-14/h2-4,6-7,9,21H,1,5,8H2,(H,24,27)(H,20,22,26). The molecule has 10 heteroatoms. The van der Waals surface area contributed by atoms with Gasteiger partial charge in [0.15, 0.2) is 9.90 Å². The molecule has 4 rings (SSSR count). The summed E-state index contributed by atoms with van der Waals surface area (Å²) in [4.78, 5) is 19.9. The van der Waals surface area contributed by atoms with Gasteiger partial charge in [-0.05, 0) is 36.5 Å². The van der Waals surface area contributed by atoms with Crippen LogP contribution in [0.4, 0.5) is 9.52 Å². The number of nitrogens with one attached hydrogen (secondary N) is 3. The Bertz CT molecular complexity index is 1230. The predicted molar refractivity (Wildman–Crippen MR) is 109 cm³/mol. The van der Waals surface area contributed by atoms with Gasteiger partial charge < -0.3 is 4.98 Å². The van der Waals surface area contributed by atoms with E-state index in [0.29, 0.717) is 39.5 Å². The van der Waals surface area contributed by atoms with Crippen LogP contribution in [0.2, 0.25) is 0 Å². The van der Waals surface area contributed by atoms with Crippen molar-refractivity contribution < 1.29 is 9.18 Å². The Morgan fingerprint density at radius 2 is 2.29 bits per heavy atom. The zero-order valence-corrected chi connectivity index (χ0v) is 16.2. The van der Waals surface area contributed by atoms with Crippen molar-refractivity contribution >= 4 is 45.5 Å². The summed E-state index contributed by atoms with van der Waals surface area (Å²) in [5.74, 6) is 0.0508. The minimum atomic E-state index is -0.350. The Morgan fingerprint density at radius 1 is 1.43 bits per heavy atom. The highest BCUT2D eigenvalue weighted by Crippen LogP contribution is 2.21. The van der Waals surface area contributed by atoms with Crippen molar-refractivity contribution in [1.82, 2.24) is 24.7 Å². The first kappa shape index (κ1) is 18.3. The van der Waals surface area contributed by atoms with Gasteiger partial charge in [-0.1, -0.05) is 6.08 Å². The van der Waals surface area contributed by atoms with Gasteiger partial charge in [-0.2, -0.15) is 5.10 Å². The van der Waals surface area contributed by atoms with Gasteiger partial charge in [0, 0.05) is 22.8 Å². The third-order valence-corrected chi connectivity index (χ3v) is 5.21. The van der Waals surface area contributed by atoms with Crippen LogP contribution in [0.15, 0.2) is 42.3 Å². The lowest BCUT2D eigenvalue weighted by Gasteiger charge is -2.01. The summed E-state index contributed by atoms with van der Waals surface area (Å²) in [5, 5.41) is 12.7. The van der Waals surface area contributed by atoms with Crippen LogP contribution < -0.4 is 5.32 Å². The summed E-state index contributed by atoms with van der Waals surface area (Å²) in [5.41, 5.74) is 1.79. The van der Waals surface area contributed by atoms with E-state index in [-0.39, 0.29) is 11.7 Å². The number of amides is 1. The lowest BCUT2D eigenvalue weighted by molar-refractivity contribution is 0.102. The molecule has 0 bridgehead atoms. The van der Waals surface area contributed by atoms with Gasteiger partial charge in [-0.25, -0.2) is 9.37 Å². The SMILES string of the molecule is C=CCn1c(Cc2csc(NC(=O)c3cc4cc(F)ccc4[nH]3)n2)n[nH]c1=S. The van der Waals surface area contributed by atoms with Crippen molar-refractivity contribution in [2.45, 2.75) is 13.0 Å². The zero-order chi connectivity index (χ0) is 19.7. The minimum absolute atomic E-state index is 0.337. The van der Waals surface area contributed by atoms with E-state index in [1.807, 2.05) is 9.95 Å². The van der Waals surface area contributed by atoms with Crippen LogP contribution in [0.1, 0.15) is 22.0 Å². The number of H-pyrrole nitrogens is 2. The maximum atomic E-state index is 13.3. The van der Waals surface area contributed by atoms with Crippen molar-refractivity contribution in [1.29, 1.82) is 0 Å². The van der Waals surface area contributed by atoms with Crippen molar-refractivity contribution in [2.24, 2.45) is 0 Å². The highest BCUT2D eigenvalue weighted by atomic mass is 32.1. The molecule has 0 aliphatic rings. The number of benzene rings is 1. The summed E-state index contributed by atoms with van der Waals surface area (Å²) in [6, 6.07) is 5.92. The lowest BCUT2D eigenvalue weighted by atomic mass is 10.2. The number of aromatic nitrogens is 5. The van der Waals surface area contributed by atoms with Crippen molar-refractivity contribution in [3.05, 3.63) is 70.1 Å². The molecule has 0 aliphatic carbocycles. The molecule has 3 heterocycles. The van der Waals surface area contributed by atoms with Gasteiger partial charge in [-0.3, -0.25) is 19.8 Å². The quantitative estimate of drug-likeness (QED) is 0.328. The minimum Gasteiger partial charge on any atom is -0.351 e. The number of hydrogen-bond acceptors (Lipinski definition) is 5.